The van der Waals surface area contributed by atoms with E-state index in [0.717, 1.165) is 18.1 Å². The number of nitro benzene ring substituents is 1. The van der Waals surface area contributed by atoms with E-state index in [-0.39, 0.29) is 6.54 Å². The van der Waals surface area contributed by atoms with E-state index in [4.69, 9.17) is 0 Å². The van der Waals surface area contributed by atoms with Gasteiger partial charge in [-0.25, -0.2) is 0 Å². The van der Waals surface area contributed by atoms with Gasteiger partial charge in [0.05, 0.1) is 11.1 Å². The monoisotopic (exact) mass is 278 g/mol. The predicted octanol–water partition coefficient (Wildman–Crippen LogP) is 1.80. The van der Waals surface area contributed by atoms with Gasteiger partial charge in [-0.15, -0.1) is 0 Å². The Hall–Kier alpha value is -2.28. The molecule has 2 rings (SSSR count). The van der Waals surface area contributed by atoms with Gasteiger partial charge in [-0.05, 0) is 18.5 Å². The second-order valence-electron chi connectivity index (χ2n) is 4.46. The zero-order valence-electron chi connectivity index (χ0n) is 11.0. The number of halogens is 1. The number of aromatic nitrogens is 2. The maximum Gasteiger partial charge on any atom is 0.305 e. The fourth-order valence-corrected chi connectivity index (χ4v) is 1.90. The molecule has 0 amide bonds. The molecule has 0 saturated heterocycles. The maximum atomic E-state index is 13.8. The van der Waals surface area contributed by atoms with Gasteiger partial charge in [-0.3, -0.25) is 14.8 Å². The number of hydrogen-bond acceptors (Lipinski definition) is 4. The van der Waals surface area contributed by atoms with Crippen molar-refractivity contribution in [3.63, 3.8) is 0 Å². The van der Waals surface area contributed by atoms with Crippen LogP contribution in [0.5, 0.6) is 0 Å². The summed E-state index contributed by atoms with van der Waals surface area (Å²) in [5, 5.41) is 17.7. The normalized spacial score (nSPS) is 10.7. The third kappa shape index (κ3) is 3.39. The quantitative estimate of drug-likeness (QED) is 0.497. The molecule has 0 aliphatic carbocycles. The minimum absolute atomic E-state index is 0.258. The van der Waals surface area contributed by atoms with Gasteiger partial charge in [0.1, 0.15) is 0 Å². The van der Waals surface area contributed by atoms with Crippen molar-refractivity contribution in [1.29, 1.82) is 0 Å². The van der Waals surface area contributed by atoms with E-state index in [9.17, 15) is 14.5 Å². The third-order valence-corrected chi connectivity index (χ3v) is 2.92. The molecule has 1 aromatic heterocycles. The summed E-state index contributed by atoms with van der Waals surface area (Å²) in [6.45, 7) is 0.904. The van der Waals surface area contributed by atoms with E-state index >= 15 is 0 Å². The molecule has 0 spiro atoms. The molecule has 1 aromatic carbocycles. The van der Waals surface area contributed by atoms with Crippen LogP contribution in [0.1, 0.15) is 11.1 Å². The summed E-state index contributed by atoms with van der Waals surface area (Å²) >= 11 is 0. The zero-order chi connectivity index (χ0) is 14.5. The average Bonchev–Trinajstić information content (AvgIpc) is 2.82. The molecule has 0 saturated carbocycles. The van der Waals surface area contributed by atoms with Crippen LogP contribution >= 0.6 is 0 Å². The summed E-state index contributed by atoms with van der Waals surface area (Å²) in [5.41, 5.74) is 0.890. The molecule has 0 aliphatic rings. The largest absolute Gasteiger partial charge is 0.312 e. The third-order valence-electron chi connectivity index (χ3n) is 2.92. The van der Waals surface area contributed by atoms with Crippen LogP contribution in [0.2, 0.25) is 0 Å². The Bertz CT molecular complexity index is 612. The number of hydrogen-bond donors (Lipinski definition) is 1. The lowest BCUT2D eigenvalue weighted by molar-refractivity contribution is -0.387. The van der Waals surface area contributed by atoms with Gasteiger partial charge in [-0.2, -0.15) is 9.49 Å². The Balaban J connectivity index is 1.88. The molecule has 0 aliphatic heterocycles. The van der Waals surface area contributed by atoms with Crippen molar-refractivity contribution in [2.45, 2.75) is 13.0 Å². The van der Waals surface area contributed by atoms with Crippen LogP contribution in [-0.4, -0.2) is 21.2 Å². The molecule has 2 aromatic rings. The summed E-state index contributed by atoms with van der Waals surface area (Å²) in [5.74, 6) is -0.772. The van der Waals surface area contributed by atoms with Crippen molar-refractivity contribution >= 4 is 5.69 Å². The van der Waals surface area contributed by atoms with Gasteiger partial charge in [0, 0.05) is 31.4 Å². The van der Waals surface area contributed by atoms with Crippen LogP contribution in [0.15, 0.2) is 30.6 Å². The fraction of sp³-hybridized carbons (Fsp3) is 0.308. The highest BCUT2D eigenvalue weighted by Crippen LogP contribution is 2.19. The SMILES string of the molecule is Cn1cc(CCNCc2cccc([N+](=O)[O-])c2F)cn1. The van der Waals surface area contributed by atoms with E-state index in [1.165, 1.54) is 6.07 Å². The standard InChI is InChI=1S/C13H15FN4O2/c1-17-9-10(7-16-17)5-6-15-8-11-3-2-4-12(13(11)14)18(19)20/h2-4,7,9,15H,5-6,8H2,1H3. The van der Waals surface area contributed by atoms with Crippen LogP contribution in [0, 0.1) is 15.9 Å². The minimum atomic E-state index is -0.772. The van der Waals surface area contributed by atoms with Gasteiger partial charge >= 0.3 is 5.69 Å². The van der Waals surface area contributed by atoms with E-state index in [2.05, 4.69) is 10.4 Å². The van der Waals surface area contributed by atoms with Crippen molar-refractivity contribution in [2.75, 3.05) is 6.54 Å². The lowest BCUT2D eigenvalue weighted by atomic mass is 10.2. The molecular formula is C13H15FN4O2. The van der Waals surface area contributed by atoms with Crippen molar-refractivity contribution < 1.29 is 9.31 Å². The highest BCUT2D eigenvalue weighted by molar-refractivity contribution is 5.36. The maximum absolute atomic E-state index is 13.8. The van der Waals surface area contributed by atoms with E-state index in [1.807, 2.05) is 13.2 Å². The molecule has 1 N–H and O–H groups in total. The van der Waals surface area contributed by atoms with Crippen molar-refractivity contribution in [1.82, 2.24) is 15.1 Å². The Labute approximate surface area is 115 Å². The second-order valence-corrected chi connectivity index (χ2v) is 4.46. The van der Waals surface area contributed by atoms with Crippen LogP contribution in [-0.2, 0) is 20.0 Å². The molecule has 0 radical (unpaired) electrons. The molecule has 0 bridgehead atoms. The number of nitro groups is 1. The van der Waals surface area contributed by atoms with E-state index < -0.39 is 16.4 Å². The average molecular weight is 278 g/mol. The van der Waals surface area contributed by atoms with Crippen LogP contribution in [0.4, 0.5) is 10.1 Å². The van der Waals surface area contributed by atoms with E-state index in [1.54, 1.807) is 16.9 Å². The smallest absolute Gasteiger partial charge is 0.305 e. The van der Waals surface area contributed by atoms with Gasteiger partial charge < -0.3 is 5.32 Å². The first-order chi connectivity index (χ1) is 9.58. The molecular weight excluding hydrogens is 263 g/mol. The van der Waals surface area contributed by atoms with E-state index in [0.29, 0.717) is 12.1 Å². The molecule has 106 valence electrons. The lowest BCUT2D eigenvalue weighted by Crippen LogP contribution is -2.17. The first kappa shape index (κ1) is 14.1. The fourth-order valence-electron chi connectivity index (χ4n) is 1.90. The summed E-state index contributed by atoms with van der Waals surface area (Å²) in [6, 6.07) is 4.19. The summed E-state index contributed by atoms with van der Waals surface area (Å²) in [6.07, 6.45) is 4.45. The number of benzene rings is 1. The molecule has 1 heterocycles. The van der Waals surface area contributed by atoms with Gasteiger partial charge in [0.2, 0.25) is 5.82 Å². The molecule has 6 nitrogen and oxygen atoms in total. The summed E-state index contributed by atoms with van der Waals surface area (Å²) in [7, 11) is 1.84. The Kier molecular flexibility index (Phi) is 4.41. The molecule has 0 atom stereocenters. The number of nitrogens with one attached hydrogen (secondary N) is 1. The zero-order valence-corrected chi connectivity index (χ0v) is 11.0. The number of aryl methyl sites for hydroxylation is 1. The first-order valence-corrected chi connectivity index (χ1v) is 6.18. The molecule has 20 heavy (non-hydrogen) atoms. The van der Waals surface area contributed by atoms with Gasteiger partial charge in [0.25, 0.3) is 0 Å². The number of nitrogens with zero attached hydrogens (tertiary/aromatic N) is 3. The minimum Gasteiger partial charge on any atom is -0.312 e. The molecule has 7 heteroatoms. The van der Waals surface area contributed by atoms with Crippen LogP contribution < -0.4 is 5.32 Å². The van der Waals surface area contributed by atoms with Crippen LogP contribution in [0.25, 0.3) is 0 Å². The Morgan fingerprint density at radius 3 is 2.95 bits per heavy atom. The van der Waals surface area contributed by atoms with Crippen molar-refractivity contribution in [2.24, 2.45) is 7.05 Å². The lowest BCUT2D eigenvalue weighted by Gasteiger charge is -2.05. The Morgan fingerprint density at radius 2 is 2.30 bits per heavy atom. The van der Waals surface area contributed by atoms with Gasteiger partial charge in [-0.1, -0.05) is 12.1 Å². The topological polar surface area (TPSA) is 73.0 Å². The molecule has 0 fully saturated rings. The summed E-state index contributed by atoms with van der Waals surface area (Å²) in [4.78, 5) is 9.91. The Morgan fingerprint density at radius 1 is 1.50 bits per heavy atom. The first-order valence-electron chi connectivity index (χ1n) is 6.18. The second kappa shape index (κ2) is 6.25. The van der Waals surface area contributed by atoms with Crippen molar-refractivity contribution in [3.8, 4) is 0 Å². The van der Waals surface area contributed by atoms with Gasteiger partial charge in [0.15, 0.2) is 0 Å². The highest BCUT2D eigenvalue weighted by atomic mass is 19.1. The van der Waals surface area contributed by atoms with Crippen LogP contribution in [0.3, 0.4) is 0 Å². The summed E-state index contributed by atoms with van der Waals surface area (Å²) < 4.78 is 15.5. The van der Waals surface area contributed by atoms with Crippen molar-refractivity contribution in [3.05, 3.63) is 57.7 Å². The highest BCUT2D eigenvalue weighted by Gasteiger charge is 2.16. The number of rotatable bonds is 6. The molecule has 0 unspecified atom stereocenters. The predicted molar refractivity (Wildman–Crippen MR) is 71.7 cm³/mol.